The van der Waals surface area contributed by atoms with Crippen molar-refractivity contribution < 1.29 is 4.74 Å². The van der Waals surface area contributed by atoms with Gasteiger partial charge in [-0.25, -0.2) is 0 Å². The number of guanidine groups is 1. The molecule has 1 aromatic carbocycles. The Morgan fingerprint density at radius 2 is 1.67 bits per heavy atom. The van der Waals surface area contributed by atoms with Crippen molar-refractivity contribution in [2.75, 3.05) is 66.5 Å². The van der Waals surface area contributed by atoms with Gasteiger partial charge in [-0.2, -0.15) is 0 Å². The quantitative estimate of drug-likeness (QED) is 0.371. The number of aliphatic imine (C=N–C) groups is 1. The van der Waals surface area contributed by atoms with Gasteiger partial charge in [0.05, 0.1) is 7.11 Å². The SMILES string of the molecule is CCN1CCN(CCCCNC(=NC)NCCc2ccc(OC)cc2)CC1. The van der Waals surface area contributed by atoms with Gasteiger partial charge in [0.2, 0.25) is 0 Å². The first-order valence-electron chi connectivity index (χ1n) is 10.3. The first kappa shape index (κ1) is 21.5. The molecule has 1 aliphatic rings. The van der Waals surface area contributed by atoms with E-state index in [0.717, 1.165) is 31.2 Å². The number of piperazine rings is 1. The van der Waals surface area contributed by atoms with Gasteiger partial charge in [0.1, 0.15) is 5.75 Å². The largest absolute Gasteiger partial charge is 0.497 e. The van der Waals surface area contributed by atoms with Crippen LogP contribution in [-0.4, -0.2) is 82.3 Å². The highest BCUT2D eigenvalue weighted by molar-refractivity contribution is 5.79. The third-order valence-electron chi connectivity index (χ3n) is 5.19. The van der Waals surface area contributed by atoms with E-state index in [1.54, 1.807) is 7.11 Å². The number of rotatable bonds is 10. The Labute approximate surface area is 165 Å². The molecule has 0 amide bonds. The average molecular weight is 376 g/mol. The molecule has 2 rings (SSSR count). The van der Waals surface area contributed by atoms with E-state index in [4.69, 9.17) is 4.74 Å². The maximum atomic E-state index is 5.19. The molecule has 1 aliphatic heterocycles. The molecule has 0 aromatic heterocycles. The summed E-state index contributed by atoms with van der Waals surface area (Å²) in [4.78, 5) is 9.43. The van der Waals surface area contributed by atoms with E-state index in [0.29, 0.717) is 0 Å². The smallest absolute Gasteiger partial charge is 0.190 e. The number of methoxy groups -OCH3 is 1. The minimum Gasteiger partial charge on any atom is -0.497 e. The lowest BCUT2D eigenvalue weighted by atomic mass is 10.1. The summed E-state index contributed by atoms with van der Waals surface area (Å²) in [5.74, 6) is 1.79. The van der Waals surface area contributed by atoms with Gasteiger partial charge in [0.15, 0.2) is 5.96 Å². The fourth-order valence-corrected chi connectivity index (χ4v) is 3.33. The fourth-order valence-electron chi connectivity index (χ4n) is 3.33. The second-order valence-corrected chi connectivity index (χ2v) is 7.01. The highest BCUT2D eigenvalue weighted by atomic mass is 16.5. The molecule has 0 unspecified atom stereocenters. The number of unbranched alkanes of at least 4 members (excludes halogenated alkanes) is 1. The zero-order valence-corrected chi connectivity index (χ0v) is 17.3. The summed E-state index contributed by atoms with van der Waals surface area (Å²) >= 11 is 0. The molecule has 2 N–H and O–H groups in total. The minimum atomic E-state index is 0.869. The summed E-state index contributed by atoms with van der Waals surface area (Å²) in [6.45, 7) is 11.4. The van der Waals surface area contributed by atoms with Crippen molar-refractivity contribution in [2.45, 2.75) is 26.2 Å². The molecule has 0 saturated carbocycles. The average Bonchev–Trinajstić information content (AvgIpc) is 2.73. The summed E-state index contributed by atoms with van der Waals surface area (Å²) < 4.78 is 5.19. The summed E-state index contributed by atoms with van der Waals surface area (Å²) in [7, 11) is 3.52. The van der Waals surface area contributed by atoms with Crippen molar-refractivity contribution in [3.63, 3.8) is 0 Å². The number of benzene rings is 1. The molecule has 152 valence electrons. The van der Waals surface area contributed by atoms with E-state index >= 15 is 0 Å². The molecule has 1 aromatic rings. The van der Waals surface area contributed by atoms with Crippen LogP contribution >= 0.6 is 0 Å². The van der Waals surface area contributed by atoms with Gasteiger partial charge in [-0.15, -0.1) is 0 Å². The molecular weight excluding hydrogens is 338 g/mol. The Morgan fingerprint density at radius 1 is 1.00 bits per heavy atom. The molecule has 1 fully saturated rings. The monoisotopic (exact) mass is 375 g/mol. The number of hydrogen-bond donors (Lipinski definition) is 2. The van der Waals surface area contributed by atoms with Gasteiger partial charge < -0.3 is 25.2 Å². The third kappa shape index (κ3) is 8.18. The second-order valence-electron chi connectivity index (χ2n) is 7.01. The summed E-state index contributed by atoms with van der Waals surface area (Å²) in [5.41, 5.74) is 1.29. The minimum absolute atomic E-state index is 0.869. The Bertz CT molecular complexity index is 538. The lowest BCUT2D eigenvalue weighted by Gasteiger charge is -2.34. The third-order valence-corrected chi connectivity index (χ3v) is 5.19. The number of ether oxygens (including phenoxy) is 1. The second kappa shape index (κ2) is 12.6. The lowest BCUT2D eigenvalue weighted by molar-refractivity contribution is 0.136. The van der Waals surface area contributed by atoms with E-state index < -0.39 is 0 Å². The van der Waals surface area contributed by atoms with Gasteiger partial charge in [-0.3, -0.25) is 4.99 Å². The van der Waals surface area contributed by atoms with Crippen LogP contribution in [0, 0.1) is 0 Å². The van der Waals surface area contributed by atoms with Crippen LogP contribution in [0.1, 0.15) is 25.3 Å². The molecule has 6 nitrogen and oxygen atoms in total. The molecule has 0 aliphatic carbocycles. The van der Waals surface area contributed by atoms with Crippen molar-refractivity contribution in [3.8, 4) is 5.75 Å². The Kier molecular flexibility index (Phi) is 10.0. The van der Waals surface area contributed by atoms with Crippen LogP contribution in [0.2, 0.25) is 0 Å². The van der Waals surface area contributed by atoms with Crippen LogP contribution in [0.25, 0.3) is 0 Å². The number of nitrogens with one attached hydrogen (secondary N) is 2. The van der Waals surface area contributed by atoms with Gasteiger partial charge >= 0.3 is 0 Å². The van der Waals surface area contributed by atoms with E-state index in [-0.39, 0.29) is 0 Å². The molecule has 0 atom stereocenters. The Balaban J connectivity index is 1.52. The topological polar surface area (TPSA) is 52.1 Å². The highest BCUT2D eigenvalue weighted by Crippen LogP contribution is 2.11. The van der Waals surface area contributed by atoms with Crippen LogP contribution in [0.15, 0.2) is 29.3 Å². The summed E-state index contributed by atoms with van der Waals surface area (Å²) in [6, 6.07) is 8.23. The molecule has 0 spiro atoms. The first-order chi connectivity index (χ1) is 13.2. The lowest BCUT2D eigenvalue weighted by Crippen LogP contribution is -2.46. The molecule has 27 heavy (non-hydrogen) atoms. The number of likely N-dealkylation sites (N-methyl/N-ethyl adjacent to an activating group) is 1. The maximum Gasteiger partial charge on any atom is 0.190 e. The van der Waals surface area contributed by atoms with E-state index in [1.807, 2.05) is 19.2 Å². The van der Waals surface area contributed by atoms with Crippen molar-refractivity contribution in [2.24, 2.45) is 4.99 Å². The number of hydrogen-bond acceptors (Lipinski definition) is 4. The van der Waals surface area contributed by atoms with Crippen LogP contribution in [0.4, 0.5) is 0 Å². The Morgan fingerprint density at radius 3 is 2.30 bits per heavy atom. The molecule has 0 bridgehead atoms. The van der Waals surface area contributed by atoms with Crippen LogP contribution < -0.4 is 15.4 Å². The van der Waals surface area contributed by atoms with Crippen molar-refractivity contribution in [1.29, 1.82) is 0 Å². The maximum absolute atomic E-state index is 5.19. The van der Waals surface area contributed by atoms with Gasteiger partial charge in [0, 0.05) is 46.3 Å². The van der Waals surface area contributed by atoms with Gasteiger partial charge in [-0.1, -0.05) is 19.1 Å². The number of nitrogens with zero attached hydrogens (tertiary/aromatic N) is 3. The fraction of sp³-hybridized carbons (Fsp3) is 0.667. The van der Waals surface area contributed by atoms with Crippen molar-refractivity contribution in [3.05, 3.63) is 29.8 Å². The molecule has 1 saturated heterocycles. The first-order valence-corrected chi connectivity index (χ1v) is 10.3. The van der Waals surface area contributed by atoms with E-state index in [9.17, 15) is 0 Å². The van der Waals surface area contributed by atoms with E-state index in [2.05, 4.69) is 44.5 Å². The zero-order valence-electron chi connectivity index (χ0n) is 17.3. The molecule has 6 heteroatoms. The standard InChI is InChI=1S/C21H37N5O/c1-4-25-15-17-26(18-16-25)14-6-5-12-23-21(22-2)24-13-11-19-7-9-20(27-3)10-8-19/h7-10H,4-6,11-18H2,1-3H3,(H2,22,23,24). The molecule has 0 radical (unpaired) electrons. The normalized spacial score (nSPS) is 16.3. The van der Waals surface area contributed by atoms with E-state index in [1.165, 1.54) is 57.7 Å². The van der Waals surface area contributed by atoms with Crippen molar-refractivity contribution >= 4 is 5.96 Å². The predicted molar refractivity (Wildman–Crippen MR) is 114 cm³/mol. The Hall–Kier alpha value is -1.79. The van der Waals surface area contributed by atoms with Gasteiger partial charge in [-0.05, 0) is 50.0 Å². The highest BCUT2D eigenvalue weighted by Gasteiger charge is 2.14. The zero-order chi connectivity index (χ0) is 19.3. The van der Waals surface area contributed by atoms with Crippen LogP contribution in [-0.2, 0) is 6.42 Å². The predicted octanol–water partition coefficient (Wildman–Crippen LogP) is 1.82. The summed E-state index contributed by atoms with van der Waals surface area (Å²) in [6.07, 6.45) is 3.38. The molecule has 1 heterocycles. The van der Waals surface area contributed by atoms with Crippen LogP contribution in [0.3, 0.4) is 0 Å². The van der Waals surface area contributed by atoms with Gasteiger partial charge in [0.25, 0.3) is 0 Å². The molecular formula is C21H37N5O. The summed E-state index contributed by atoms with van der Waals surface area (Å²) in [5, 5.41) is 6.81. The van der Waals surface area contributed by atoms with Crippen molar-refractivity contribution in [1.82, 2.24) is 20.4 Å². The van der Waals surface area contributed by atoms with Crippen LogP contribution in [0.5, 0.6) is 5.75 Å².